The van der Waals surface area contributed by atoms with Gasteiger partial charge in [0.05, 0.1) is 0 Å². The largest absolute Gasteiger partial charge is 0.347 e. The lowest BCUT2D eigenvalue weighted by Crippen LogP contribution is -2.30. The molecule has 5 atom stereocenters. The predicted molar refractivity (Wildman–Crippen MR) is 145 cm³/mol. The summed E-state index contributed by atoms with van der Waals surface area (Å²) in [5, 5.41) is 0. The Bertz CT molecular complexity index is 1020. The predicted octanol–water partition coefficient (Wildman–Crippen LogP) is 9.92. The highest BCUT2D eigenvalue weighted by Gasteiger charge is 2.40. The molecule has 3 N–H and O–H groups in total. The van der Waals surface area contributed by atoms with E-state index in [2.05, 4.69) is 57.5 Å². The normalized spacial score (nSPS) is 28.9. The van der Waals surface area contributed by atoms with Crippen LogP contribution >= 0.6 is 77.6 Å². The van der Waals surface area contributed by atoms with Crippen molar-refractivity contribution >= 4 is 77.6 Å². The van der Waals surface area contributed by atoms with Gasteiger partial charge in [-0.3, -0.25) is 14.0 Å². The van der Waals surface area contributed by atoms with Crippen LogP contribution in [-0.2, 0) is 0 Å². The van der Waals surface area contributed by atoms with Gasteiger partial charge >= 0.3 is 14.2 Å². The Labute approximate surface area is 212 Å². The Kier molecular flexibility index (Phi) is 13.6. The SMILES string of the molecule is CN(C)P(=NP1(Cl)=NP(N=NPN=N)(N=NPN=N)=NP(Cl)(N=NPN=N)=N1)(N(C)C)N(C)C. The van der Waals surface area contributed by atoms with Crippen molar-refractivity contribution in [2.24, 2.45) is 62.0 Å². The maximum Gasteiger partial charge on any atom is 0.347 e. The molecule has 0 spiro atoms. The molecule has 1 aliphatic rings. The van der Waals surface area contributed by atoms with Crippen molar-refractivity contribution in [3.05, 3.63) is 0 Å². The standard InChI is InChI=1S/C6H24Cl2N19P7/c1-25(2)34(26(3)4,27(5)6)24-32(8)21-31(7,18-15-28-12-9)22-33(23-32,19-16-29-13-10)20-17-30-14-11/h9-11,28-30H,1-6H3. The molecule has 19 nitrogen and oxygen atoms in total. The maximum absolute atomic E-state index is 6.99. The summed E-state index contributed by atoms with van der Waals surface area (Å²) in [4.78, 5) is 33.0. The molecule has 0 aliphatic carbocycles. The second kappa shape index (κ2) is 14.3. The summed E-state index contributed by atoms with van der Waals surface area (Å²) >= 11 is 13.7. The molecule has 0 amide bonds. The lowest BCUT2D eigenvalue weighted by molar-refractivity contribution is 0.475. The molecule has 1 aliphatic heterocycles. The van der Waals surface area contributed by atoms with Crippen LogP contribution in [-0.4, -0.2) is 56.3 Å². The smallest absolute Gasteiger partial charge is 0.252 e. The number of halogens is 2. The first kappa shape index (κ1) is 32.3. The first-order valence-electron chi connectivity index (χ1n) is 8.43. The molecule has 1 heterocycles. The topological polar surface area (TPSA) is 242 Å². The molecule has 28 heteroatoms. The van der Waals surface area contributed by atoms with Gasteiger partial charge in [-0.15, -0.1) is 29.3 Å². The summed E-state index contributed by atoms with van der Waals surface area (Å²) in [7, 11) is 3.16. The summed E-state index contributed by atoms with van der Waals surface area (Å²) < 4.78 is 24.0. The molecule has 0 fully saturated rings. The van der Waals surface area contributed by atoms with E-state index in [0.717, 1.165) is 0 Å². The molecule has 0 aromatic carbocycles. The molecule has 0 bridgehead atoms. The summed E-state index contributed by atoms with van der Waals surface area (Å²) in [6.45, 7) is -7.16. The molecule has 192 valence electrons. The lowest BCUT2D eigenvalue weighted by atomic mass is 11.2. The van der Waals surface area contributed by atoms with Crippen molar-refractivity contribution in [1.82, 2.24) is 14.0 Å². The summed E-state index contributed by atoms with van der Waals surface area (Å²) in [5.41, 5.74) is 20.9. The fourth-order valence-corrected chi connectivity index (χ4v) is 21.3. The average molecular weight is 650 g/mol. The Morgan fingerprint density at radius 1 is 0.647 bits per heavy atom. The van der Waals surface area contributed by atoms with Crippen molar-refractivity contribution in [3.8, 4) is 0 Å². The highest BCUT2D eigenvalue weighted by Crippen LogP contribution is 2.86. The van der Waals surface area contributed by atoms with Crippen molar-refractivity contribution in [1.29, 1.82) is 16.6 Å². The van der Waals surface area contributed by atoms with Crippen molar-refractivity contribution < 1.29 is 0 Å². The van der Waals surface area contributed by atoms with Crippen LogP contribution in [0.15, 0.2) is 62.0 Å². The molecule has 5 unspecified atom stereocenters. The molecular weight excluding hydrogens is 626 g/mol. The molecular formula is C6H24Cl2N19P7. The zero-order chi connectivity index (χ0) is 26.0. The zero-order valence-electron chi connectivity index (χ0n) is 18.7. The van der Waals surface area contributed by atoms with Crippen LogP contribution in [0.2, 0.25) is 0 Å². The Hall–Kier alpha value is 0.270. The quantitative estimate of drug-likeness (QED) is 0.130. The molecule has 34 heavy (non-hydrogen) atoms. The van der Waals surface area contributed by atoms with E-state index in [1.54, 1.807) is 0 Å². The summed E-state index contributed by atoms with van der Waals surface area (Å²) in [5.74, 6) is 0. The van der Waals surface area contributed by atoms with Gasteiger partial charge in [-0.2, -0.15) is 32.7 Å². The number of nitrogens with zero attached hydrogens (tertiary/aromatic N) is 16. The van der Waals surface area contributed by atoms with Crippen LogP contribution in [0.1, 0.15) is 0 Å². The van der Waals surface area contributed by atoms with Gasteiger partial charge in [0.25, 0.3) is 6.71 Å². The van der Waals surface area contributed by atoms with Crippen molar-refractivity contribution in [3.63, 3.8) is 0 Å². The van der Waals surface area contributed by atoms with Gasteiger partial charge in [0.1, 0.15) is 0 Å². The van der Waals surface area contributed by atoms with Gasteiger partial charge in [-0.1, -0.05) is 0 Å². The zero-order valence-corrected chi connectivity index (χ0v) is 26.8. The maximum atomic E-state index is 6.99. The van der Waals surface area contributed by atoms with Crippen LogP contribution < -0.4 is 0 Å². The molecule has 0 aromatic rings. The van der Waals surface area contributed by atoms with E-state index in [1.165, 1.54) is 0 Å². The van der Waals surface area contributed by atoms with Crippen LogP contribution in [0.5, 0.6) is 0 Å². The van der Waals surface area contributed by atoms with Crippen molar-refractivity contribution in [2.45, 2.75) is 0 Å². The van der Waals surface area contributed by atoms with Gasteiger partial charge in [-0.05, 0) is 64.8 Å². The second-order valence-corrected chi connectivity index (χ2v) is 20.7. The highest BCUT2D eigenvalue weighted by molar-refractivity contribution is 8.04. The fraction of sp³-hybridized carbons (Fsp3) is 1.00. The minimum absolute atomic E-state index is 0.545. The first-order valence-corrected chi connectivity index (χ1v) is 19.4. The number of hydrogen-bond donors (Lipinski definition) is 3. The van der Waals surface area contributed by atoms with E-state index in [9.17, 15) is 0 Å². The van der Waals surface area contributed by atoms with Crippen LogP contribution in [0.25, 0.3) is 0 Å². The average Bonchev–Trinajstić information content (AvgIpc) is 2.71. The van der Waals surface area contributed by atoms with Gasteiger partial charge in [0.15, 0.2) is 34.2 Å². The van der Waals surface area contributed by atoms with Gasteiger partial charge in [0.2, 0.25) is 0 Å². The van der Waals surface area contributed by atoms with Crippen LogP contribution in [0, 0.1) is 16.6 Å². The van der Waals surface area contributed by atoms with Gasteiger partial charge in [-0.25, -0.2) is 16.6 Å². The fourth-order valence-electron chi connectivity index (χ4n) is 2.43. The minimum atomic E-state index is -3.64. The van der Waals surface area contributed by atoms with E-state index < -0.39 is 55.1 Å². The lowest BCUT2D eigenvalue weighted by Gasteiger charge is -2.41. The highest BCUT2D eigenvalue weighted by atomic mass is 35.7. The Morgan fingerprint density at radius 3 is 1.44 bits per heavy atom. The van der Waals surface area contributed by atoms with Crippen LogP contribution in [0.3, 0.4) is 0 Å². The van der Waals surface area contributed by atoms with E-state index in [0.29, 0.717) is 0 Å². The van der Waals surface area contributed by atoms with E-state index in [-0.39, 0.29) is 0 Å². The van der Waals surface area contributed by atoms with E-state index in [1.807, 2.05) is 56.3 Å². The molecule has 0 radical (unpaired) electrons. The van der Waals surface area contributed by atoms with Gasteiger partial charge in [0, 0.05) is 0 Å². The monoisotopic (exact) mass is 649 g/mol. The van der Waals surface area contributed by atoms with E-state index >= 15 is 0 Å². The third-order valence-electron chi connectivity index (χ3n) is 3.31. The Morgan fingerprint density at radius 2 is 1.06 bits per heavy atom. The number of rotatable bonds is 13. The Balaban J connectivity index is 4.20. The molecule has 0 aromatic heterocycles. The third-order valence-corrected chi connectivity index (χ3v) is 19.6. The van der Waals surface area contributed by atoms with E-state index in [4.69, 9.17) is 43.6 Å². The molecule has 0 saturated carbocycles. The summed E-state index contributed by atoms with van der Waals surface area (Å²) in [6.07, 6.45) is 0. The third kappa shape index (κ3) is 8.69. The minimum Gasteiger partial charge on any atom is -0.252 e. The van der Waals surface area contributed by atoms with Crippen LogP contribution in [0.4, 0.5) is 0 Å². The summed E-state index contributed by atoms with van der Waals surface area (Å²) in [6, 6.07) is 0. The molecule has 1 rings (SSSR count). The molecule has 0 saturated heterocycles. The first-order chi connectivity index (χ1) is 15.8. The number of nitrogens with one attached hydrogen (secondary N) is 3. The van der Waals surface area contributed by atoms with Crippen molar-refractivity contribution in [2.75, 3.05) is 42.3 Å². The van der Waals surface area contributed by atoms with Gasteiger partial charge < -0.3 is 0 Å². The number of hydrogen-bond acceptors (Lipinski definition) is 16. The second-order valence-electron chi connectivity index (χ2n) is 6.17.